The highest BCUT2D eigenvalue weighted by Gasteiger charge is 2.30. The molecule has 0 unspecified atom stereocenters. The number of amides is 1. The van der Waals surface area contributed by atoms with Crippen molar-refractivity contribution < 1.29 is 19.4 Å². The minimum absolute atomic E-state index is 0.000274. The van der Waals surface area contributed by atoms with E-state index in [1.54, 1.807) is 39.8 Å². The summed E-state index contributed by atoms with van der Waals surface area (Å²) in [4.78, 5) is 23.7. The van der Waals surface area contributed by atoms with E-state index in [0.29, 0.717) is 5.56 Å². The summed E-state index contributed by atoms with van der Waals surface area (Å²) in [5.41, 5.74) is -0.495. The Labute approximate surface area is 129 Å². The number of hydrogen-bond donors (Lipinski definition) is 2. The first-order valence-corrected chi connectivity index (χ1v) is 6.89. The number of nitriles is 1. The lowest BCUT2D eigenvalue weighted by Gasteiger charge is -2.27. The molecule has 1 atom stereocenters. The summed E-state index contributed by atoms with van der Waals surface area (Å²) in [5, 5.41) is 21.4. The summed E-state index contributed by atoms with van der Waals surface area (Å²) in [7, 11) is 0. The maximum absolute atomic E-state index is 11.9. The Hall–Kier alpha value is -2.55. The number of hydrogen-bond acceptors (Lipinski definition) is 5. The summed E-state index contributed by atoms with van der Waals surface area (Å²) in [5.74, 6) is -1.63. The van der Waals surface area contributed by atoms with Crippen molar-refractivity contribution in [1.82, 2.24) is 5.32 Å². The number of esters is 1. The first kappa shape index (κ1) is 17.5. The molecule has 0 heterocycles. The zero-order valence-electron chi connectivity index (χ0n) is 13.1. The second kappa shape index (κ2) is 6.94. The number of phenolic OH excluding ortho intramolecular Hbond substituents is 1. The average Bonchev–Trinajstić information content (AvgIpc) is 2.47. The van der Waals surface area contributed by atoms with Crippen molar-refractivity contribution in [3.63, 3.8) is 0 Å². The third-order valence-electron chi connectivity index (χ3n) is 3.58. The number of nitrogens with zero attached hydrogens (tertiary/aromatic N) is 1. The average molecular weight is 304 g/mol. The molecule has 0 saturated carbocycles. The predicted octanol–water partition coefficient (Wildman–Crippen LogP) is 1.91. The summed E-state index contributed by atoms with van der Waals surface area (Å²) in [6.45, 7) is 6.35. The van der Waals surface area contributed by atoms with Gasteiger partial charge in [-0.3, -0.25) is 4.79 Å². The maximum Gasteiger partial charge on any atom is 0.342 e. The van der Waals surface area contributed by atoms with Gasteiger partial charge in [0.15, 0.2) is 6.61 Å². The number of aryl methyl sites for hydroxylation is 1. The fourth-order valence-corrected chi connectivity index (χ4v) is 1.66. The Morgan fingerprint density at radius 2 is 2.09 bits per heavy atom. The summed E-state index contributed by atoms with van der Waals surface area (Å²) in [6, 6.07) is 6.71. The van der Waals surface area contributed by atoms with Crippen LogP contribution in [0.15, 0.2) is 18.2 Å². The van der Waals surface area contributed by atoms with Gasteiger partial charge in [0, 0.05) is 0 Å². The van der Waals surface area contributed by atoms with Crippen LogP contribution in [0.25, 0.3) is 0 Å². The van der Waals surface area contributed by atoms with Crippen LogP contribution in [0.2, 0.25) is 0 Å². The topological polar surface area (TPSA) is 99.4 Å². The molecule has 1 aromatic rings. The molecule has 118 valence electrons. The second-order valence-electron chi connectivity index (χ2n) is 5.56. The van der Waals surface area contributed by atoms with E-state index in [2.05, 4.69) is 5.32 Å². The number of carbonyl (C=O) groups is 2. The van der Waals surface area contributed by atoms with E-state index >= 15 is 0 Å². The quantitative estimate of drug-likeness (QED) is 0.809. The molecule has 22 heavy (non-hydrogen) atoms. The van der Waals surface area contributed by atoms with Crippen LogP contribution in [0.1, 0.15) is 36.7 Å². The Bertz CT molecular complexity index is 619. The molecule has 1 rings (SSSR count). The van der Waals surface area contributed by atoms with Gasteiger partial charge in [-0.2, -0.15) is 5.26 Å². The number of para-hydroxylation sites is 1. The number of nitrogens with one attached hydrogen (secondary N) is 1. The Balaban J connectivity index is 2.67. The molecule has 0 fully saturated rings. The van der Waals surface area contributed by atoms with E-state index in [1.165, 1.54) is 6.07 Å². The van der Waals surface area contributed by atoms with Gasteiger partial charge < -0.3 is 15.2 Å². The molecule has 0 saturated heterocycles. The zero-order chi connectivity index (χ0) is 16.9. The lowest BCUT2D eigenvalue weighted by Crippen LogP contribution is -2.50. The Morgan fingerprint density at radius 3 is 2.64 bits per heavy atom. The third kappa shape index (κ3) is 3.98. The van der Waals surface area contributed by atoms with Crippen LogP contribution in [0, 0.1) is 24.2 Å². The first-order chi connectivity index (χ1) is 10.2. The van der Waals surface area contributed by atoms with Gasteiger partial charge in [-0.1, -0.05) is 26.0 Å². The van der Waals surface area contributed by atoms with Crippen molar-refractivity contribution in [3.8, 4) is 11.8 Å². The number of phenols is 1. The fraction of sp³-hybridized carbons (Fsp3) is 0.438. The van der Waals surface area contributed by atoms with E-state index in [0.717, 1.165) is 0 Å². The molecular formula is C16H20N2O4. The first-order valence-electron chi connectivity index (χ1n) is 6.89. The van der Waals surface area contributed by atoms with Crippen molar-refractivity contribution >= 4 is 11.9 Å². The van der Waals surface area contributed by atoms with Gasteiger partial charge in [0.05, 0.1) is 6.07 Å². The van der Waals surface area contributed by atoms with Gasteiger partial charge in [-0.05, 0) is 31.4 Å². The van der Waals surface area contributed by atoms with Crippen LogP contribution in [0.5, 0.6) is 5.75 Å². The van der Waals surface area contributed by atoms with E-state index in [4.69, 9.17) is 10.00 Å². The van der Waals surface area contributed by atoms with Crippen molar-refractivity contribution in [2.75, 3.05) is 6.61 Å². The minimum atomic E-state index is -1.03. The standard InChI is InChI=1S/C16H20N2O4/c1-10(2)16(4,9-17)18-13(19)8-22-15(21)12-7-5-6-11(3)14(12)20/h5-7,10,20H,8H2,1-4H3,(H,18,19)/t16-/m1/s1. The smallest absolute Gasteiger partial charge is 0.342 e. The third-order valence-corrected chi connectivity index (χ3v) is 3.58. The summed E-state index contributed by atoms with van der Waals surface area (Å²) in [6.07, 6.45) is 0. The van der Waals surface area contributed by atoms with E-state index in [9.17, 15) is 14.7 Å². The molecule has 6 nitrogen and oxygen atoms in total. The van der Waals surface area contributed by atoms with E-state index in [-0.39, 0.29) is 17.2 Å². The molecule has 6 heteroatoms. The van der Waals surface area contributed by atoms with E-state index in [1.807, 2.05) is 6.07 Å². The molecular weight excluding hydrogens is 284 g/mol. The lowest BCUT2D eigenvalue weighted by atomic mass is 9.90. The molecule has 0 aliphatic heterocycles. The lowest BCUT2D eigenvalue weighted by molar-refractivity contribution is -0.125. The van der Waals surface area contributed by atoms with Gasteiger partial charge in [-0.25, -0.2) is 4.79 Å². The number of carbonyl (C=O) groups excluding carboxylic acids is 2. The zero-order valence-corrected chi connectivity index (χ0v) is 13.1. The van der Waals surface area contributed by atoms with Gasteiger partial charge in [0.2, 0.25) is 0 Å². The monoisotopic (exact) mass is 304 g/mol. The highest BCUT2D eigenvalue weighted by atomic mass is 16.5. The molecule has 0 bridgehead atoms. The van der Waals surface area contributed by atoms with Crippen LogP contribution in [0.3, 0.4) is 0 Å². The number of aromatic hydroxyl groups is 1. The van der Waals surface area contributed by atoms with Crippen LogP contribution in [0.4, 0.5) is 0 Å². The fourth-order valence-electron chi connectivity index (χ4n) is 1.66. The number of ether oxygens (including phenoxy) is 1. The van der Waals surface area contributed by atoms with Crippen LogP contribution < -0.4 is 5.32 Å². The van der Waals surface area contributed by atoms with E-state index < -0.39 is 24.0 Å². The van der Waals surface area contributed by atoms with Crippen LogP contribution in [-0.4, -0.2) is 29.1 Å². The number of benzene rings is 1. The van der Waals surface area contributed by atoms with Crippen LogP contribution >= 0.6 is 0 Å². The van der Waals surface area contributed by atoms with Crippen molar-refractivity contribution in [2.45, 2.75) is 33.2 Å². The highest BCUT2D eigenvalue weighted by molar-refractivity contribution is 5.94. The van der Waals surface area contributed by atoms with Gasteiger partial charge in [0.25, 0.3) is 5.91 Å². The highest BCUT2D eigenvalue weighted by Crippen LogP contribution is 2.22. The largest absolute Gasteiger partial charge is 0.507 e. The summed E-state index contributed by atoms with van der Waals surface area (Å²) >= 11 is 0. The molecule has 0 aliphatic carbocycles. The second-order valence-corrected chi connectivity index (χ2v) is 5.56. The Morgan fingerprint density at radius 1 is 1.45 bits per heavy atom. The van der Waals surface area contributed by atoms with Gasteiger partial charge in [-0.15, -0.1) is 0 Å². The molecule has 1 amide bonds. The normalized spacial score (nSPS) is 13.1. The molecule has 0 aromatic heterocycles. The molecule has 0 radical (unpaired) electrons. The predicted molar refractivity (Wildman–Crippen MR) is 80.1 cm³/mol. The Kier molecular flexibility index (Phi) is 5.52. The van der Waals surface area contributed by atoms with Gasteiger partial charge in [0.1, 0.15) is 16.9 Å². The van der Waals surface area contributed by atoms with Gasteiger partial charge >= 0.3 is 5.97 Å². The molecule has 2 N–H and O–H groups in total. The van der Waals surface area contributed by atoms with Crippen LogP contribution in [-0.2, 0) is 9.53 Å². The molecule has 1 aromatic carbocycles. The molecule has 0 spiro atoms. The SMILES string of the molecule is Cc1cccc(C(=O)OCC(=O)N[C@](C)(C#N)C(C)C)c1O. The minimum Gasteiger partial charge on any atom is -0.507 e. The van der Waals surface area contributed by atoms with Crippen molar-refractivity contribution in [1.29, 1.82) is 5.26 Å². The van der Waals surface area contributed by atoms with Crippen molar-refractivity contribution in [2.24, 2.45) is 5.92 Å². The van der Waals surface area contributed by atoms with Crippen molar-refractivity contribution in [3.05, 3.63) is 29.3 Å². The summed E-state index contributed by atoms with van der Waals surface area (Å²) < 4.78 is 4.88. The molecule has 0 aliphatic rings. The maximum atomic E-state index is 11.9. The number of rotatable bonds is 5.